The lowest BCUT2D eigenvalue weighted by Gasteiger charge is -2.47. The zero-order chi connectivity index (χ0) is 24.0. The highest BCUT2D eigenvalue weighted by Crippen LogP contribution is 2.50. The van der Waals surface area contributed by atoms with Crippen LogP contribution in [0.15, 0.2) is 18.5 Å². The van der Waals surface area contributed by atoms with Crippen LogP contribution in [0.25, 0.3) is 0 Å². The standard InChI is InChI=1S/C21H27F4N3O3S2/c1-14-10-20(18-16(3-7-31-20)9-17(32-18)21(24,25)19(22)23)4-5-27(14)12-15-11-26-28(13-15)6-8-33(2,29)30/h9,11,13-14,19H,3-8,10,12H2,1-2H3. The molecule has 0 N–H and O–H groups in total. The molecule has 0 bridgehead atoms. The maximum absolute atomic E-state index is 14.0. The number of halogens is 4. The van der Waals surface area contributed by atoms with Crippen molar-refractivity contribution in [1.82, 2.24) is 14.7 Å². The molecule has 4 heterocycles. The van der Waals surface area contributed by atoms with Crippen molar-refractivity contribution < 1.29 is 30.7 Å². The first-order valence-corrected chi connectivity index (χ1v) is 13.6. The molecule has 2 aromatic rings. The number of hydrogen-bond acceptors (Lipinski definition) is 6. The van der Waals surface area contributed by atoms with Crippen LogP contribution in [0.2, 0.25) is 0 Å². The van der Waals surface area contributed by atoms with E-state index in [2.05, 4.69) is 10.00 Å². The lowest BCUT2D eigenvalue weighted by atomic mass is 9.82. The Hall–Kier alpha value is -1.50. The van der Waals surface area contributed by atoms with Crippen LogP contribution < -0.4 is 0 Å². The van der Waals surface area contributed by atoms with Gasteiger partial charge in [-0.25, -0.2) is 17.2 Å². The normalized spacial score (nSPS) is 24.5. The molecule has 33 heavy (non-hydrogen) atoms. The second-order valence-electron chi connectivity index (χ2n) is 9.00. The Bertz CT molecular complexity index is 1100. The fourth-order valence-electron chi connectivity index (χ4n) is 4.62. The third-order valence-electron chi connectivity index (χ3n) is 6.39. The van der Waals surface area contributed by atoms with Crippen LogP contribution in [-0.2, 0) is 45.6 Å². The largest absolute Gasteiger partial charge is 0.369 e. The van der Waals surface area contributed by atoms with E-state index in [0.717, 1.165) is 16.9 Å². The Morgan fingerprint density at radius 2 is 2.15 bits per heavy atom. The van der Waals surface area contributed by atoms with Gasteiger partial charge < -0.3 is 4.74 Å². The van der Waals surface area contributed by atoms with Crippen LogP contribution in [0, 0.1) is 0 Å². The van der Waals surface area contributed by atoms with Crippen molar-refractivity contribution in [2.75, 3.05) is 25.2 Å². The van der Waals surface area contributed by atoms with Crippen molar-refractivity contribution in [1.29, 1.82) is 0 Å². The van der Waals surface area contributed by atoms with E-state index < -0.39 is 32.7 Å². The summed E-state index contributed by atoms with van der Waals surface area (Å²) in [5.41, 5.74) is 0.908. The van der Waals surface area contributed by atoms with Gasteiger partial charge in [0.15, 0.2) is 0 Å². The molecule has 2 aliphatic rings. The summed E-state index contributed by atoms with van der Waals surface area (Å²) in [7, 11) is -3.07. The fraction of sp³-hybridized carbons (Fsp3) is 0.667. The van der Waals surface area contributed by atoms with Gasteiger partial charge in [-0.3, -0.25) is 9.58 Å². The highest BCUT2D eigenvalue weighted by molar-refractivity contribution is 7.90. The molecule has 0 radical (unpaired) electrons. The topological polar surface area (TPSA) is 64.4 Å². The molecule has 4 rings (SSSR count). The van der Waals surface area contributed by atoms with E-state index in [1.165, 1.54) is 12.3 Å². The first-order valence-electron chi connectivity index (χ1n) is 10.8. The van der Waals surface area contributed by atoms with Crippen molar-refractivity contribution in [2.24, 2.45) is 0 Å². The molecule has 2 atom stereocenters. The maximum atomic E-state index is 14.0. The second kappa shape index (κ2) is 8.94. The molecule has 0 aromatic carbocycles. The van der Waals surface area contributed by atoms with Gasteiger partial charge in [0.25, 0.3) is 0 Å². The van der Waals surface area contributed by atoms with Gasteiger partial charge in [-0.2, -0.15) is 13.9 Å². The van der Waals surface area contributed by atoms with Gasteiger partial charge in [-0.15, -0.1) is 11.3 Å². The Morgan fingerprint density at radius 1 is 1.39 bits per heavy atom. The summed E-state index contributed by atoms with van der Waals surface area (Å²) in [4.78, 5) is 2.30. The summed E-state index contributed by atoms with van der Waals surface area (Å²) in [6.45, 7) is 3.96. The Balaban J connectivity index is 1.46. The number of hydrogen-bond donors (Lipinski definition) is 0. The summed E-state index contributed by atoms with van der Waals surface area (Å²) in [5, 5.41) is 4.23. The Morgan fingerprint density at radius 3 is 2.82 bits per heavy atom. The molecule has 0 amide bonds. The van der Waals surface area contributed by atoms with E-state index in [4.69, 9.17) is 4.74 Å². The number of aryl methyl sites for hydroxylation is 1. The molecule has 12 heteroatoms. The van der Waals surface area contributed by atoms with E-state index in [-0.39, 0.29) is 18.3 Å². The summed E-state index contributed by atoms with van der Waals surface area (Å²) in [6, 6.07) is 1.29. The van der Waals surface area contributed by atoms with Crippen LogP contribution in [0.3, 0.4) is 0 Å². The number of piperidine rings is 1. The fourth-order valence-corrected chi connectivity index (χ4v) is 6.51. The lowest BCUT2D eigenvalue weighted by molar-refractivity contribution is -0.132. The van der Waals surface area contributed by atoms with E-state index in [1.807, 2.05) is 13.1 Å². The molecule has 6 nitrogen and oxygen atoms in total. The zero-order valence-corrected chi connectivity index (χ0v) is 20.1. The quantitative estimate of drug-likeness (QED) is 0.532. The summed E-state index contributed by atoms with van der Waals surface area (Å²) < 4.78 is 84.3. The maximum Gasteiger partial charge on any atom is 0.341 e. The number of thiophene rings is 1. The van der Waals surface area contributed by atoms with Crippen LogP contribution in [-0.4, -0.2) is 60.7 Å². The van der Waals surface area contributed by atoms with Gasteiger partial charge in [0.2, 0.25) is 0 Å². The molecule has 184 valence electrons. The van der Waals surface area contributed by atoms with E-state index in [0.29, 0.717) is 49.4 Å². The van der Waals surface area contributed by atoms with Crippen molar-refractivity contribution in [3.63, 3.8) is 0 Å². The molecule has 2 unspecified atom stereocenters. The molecular weight excluding hydrogens is 482 g/mol. The Labute approximate surface area is 194 Å². The van der Waals surface area contributed by atoms with Gasteiger partial charge in [0, 0.05) is 42.0 Å². The van der Waals surface area contributed by atoms with Gasteiger partial charge in [0.1, 0.15) is 15.4 Å². The smallest absolute Gasteiger partial charge is 0.341 e. The van der Waals surface area contributed by atoms with E-state index in [9.17, 15) is 26.0 Å². The molecule has 2 aliphatic heterocycles. The summed E-state index contributed by atoms with van der Waals surface area (Å²) >= 11 is 0.758. The number of aromatic nitrogens is 2. The second-order valence-corrected chi connectivity index (χ2v) is 12.3. The molecule has 0 aliphatic carbocycles. The number of nitrogens with zero attached hydrogens (tertiary/aromatic N) is 3. The SMILES string of the molecule is CC1CC2(CCN1Cc1cnn(CCS(C)(=O)=O)c1)OCCc1cc(C(F)(F)C(F)F)sc12. The number of alkyl halides is 4. The van der Waals surface area contributed by atoms with Crippen LogP contribution in [0.4, 0.5) is 17.6 Å². The van der Waals surface area contributed by atoms with Crippen LogP contribution in [0.5, 0.6) is 0 Å². The minimum absolute atomic E-state index is 0.0177. The first kappa shape index (κ1) is 24.6. The average molecular weight is 510 g/mol. The number of fused-ring (bicyclic) bond motifs is 2. The average Bonchev–Trinajstić information content (AvgIpc) is 3.36. The number of ether oxygens (including phenoxy) is 1. The monoisotopic (exact) mass is 509 g/mol. The Kier molecular flexibility index (Phi) is 6.67. The van der Waals surface area contributed by atoms with Crippen LogP contribution in [0.1, 0.15) is 40.6 Å². The predicted molar refractivity (Wildman–Crippen MR) is 117 cm³/mol. The third kappa shape index (κ3) is 5.13. The van der Waals surface area contributed by atoms with Gasteiger partial charge in [-0.1, -0.05) is 0 Å². The zero-order valence-electron chi connectivity index (χ0n) is 18.4. The van der Waals surface area contributed by atoms with Gasteiger partial charge >= 0.3 is 12.3 Å². The molecule has 1 fully saturated rings. The number of likely N-dealkylation sites (tertiary alicyclic amines) is 1. The first-order chi connectivity index (χ1) is 15.4. The highest BCUT2D eigenvalue weighted by atomic mass is 32.2. The van der Waals surface area contributed by atoms with Crippen LogP contribution >= 0.6 is 11.3 Å². The summed E-state index contributed by atoms with van der Waals surface area (Å²) in [5.74, 6) is -4.14. The van der Waals surface area contributed by atoms with Gasteiger partial charge in [-0.05, 0) is 37.8 Å². The number of sulfone groups is 1. The molecule has 1 spiro atoms. The minimum Gasteiger partial charge on any atom is -0.369 e. The van der Waals surface area contributed by atoms with E-state index in [1.54, 1.807) is 10.9 Å². The molecule has 1 saturated heterocycles. The third-order valence-corrected chi connectivity index (χ3v) is 8.76. The van der Waals surface area contributed by atoms with E-state index >= 15 is 0 Å². The van der Waals surface area contributed by atoms with Crippen molar-refractivity contribution in [2.45, 2.75) is 63.3 Å². The molecule has 2 aromatic heterocycles. The summed E-state index contributed by atoms with van der Waals surface area (Å²) in [6.07, 6.45) is 2.58. The van der Waals surface area contributed by atoms with Crippen molar-refractivity contribution in [3.05, 3.63) is 39.3 Å². The van der Waals surface area contributed by atoms with Gasteiger partial charge in [0.05, 0.1) is 30.0 Å². The number of rotatable bonds is 7. The van der Waals surface area contributed by atoms with Crippen molar-refractivity contribution >= 4 is 21.2 Å². The molecule has 0 saturated carbocycles. The minimum atomic E-state index is -4.16. The highest BCUT2D eigenvalue weighted by Gasteiger charge is 2.49. The predicted octanol–water partition coefficient (Wildman–Crippen LogP) is 3.80. The molecular formula is C21H27F4N3O3S2. The van der Waals surface area contributed by atoms with Crippen molar-refractivity contribution in [3.8, 4) is 0 Å². The lowest BCUT2D eigenvalue weighted by Crippen LogP contribution is -2.49.